The standard InChI is InChI=1S/C21H24N6O/c28-20-13-14-3-1-2-4-17(14)26-27(20)16-7-5-15(6-8-16)24-19-10-9-18-21(25-19)23-12-11-22-18/h9-13,15-16H,1-8H2,(H,23,24,25). The molecule has 0 saturated heterocycles. The summed E-state index contributed by atoms with van der Waals surface area (Å²) in [6, 6.07) is 6.28. The highest BCUT2D eigenvalue weighted by Gasteiger charge is 2.25. The first-order valence-corrected chi connectivity index (χ1v) is 10.2. The van der Waals surface area contributed by atoms with E-state index in [9.17, 15) is 4.79 Å². The summed E-state index contributed by atoms with van der Waals surface area (Å²) in [5, 5.41) is 8.26. The summed E-state index contributed by atoms with van der Waals surface area (Å²) in [7, 11) is 0. The van der Waals surface area contributed by atoms with Crippen molar-refractivity contribution in [3.63, 3.8) is 0 Å². The highest BCUT2D eigenvalue weighted by Crippen LogP contribution is 2.29. The number of hydrogen-bond acceptors (Lipinski definition) is 6. The van der Waals surface area contributed by atoms with Crippen LogP contribution in [0.3, 0.4) is 0 Å². The van der Waals surface area contributed by atoms with Crippen molar-refractivity contribution in [3.05, 3.63) is 52.2 Å². The van der Waals surface area contributed by atoms with E-state index < -0.39 is 0 Å². The normalized spacial score (nSPS) is 22.0. The lowest BCUT2D eigenvalue weighted by Crippen LogP contribution is -2.34. The molecule has 1 N–H and O–H groups in total. The Kier molecular flexibility index (Phi) is 4.50. The number of rotatable bonds is 3. The second-order valence-corrected chi connectivity index (χ2v) is 7.85. The van der Waals surface area contributed by atoms with Crippen LogP contribution in [-0.2, 0) is 12.8 Å². The van der Waals surface area contributed by atoms with Gasteiger partial charge in [-0.1, -0.05) is 0 Å². The first-order valence-electron chi connectivity index (χ1n) is 10.2. The predicted molar refractivity (Wildman–Crippen MR) is 107 cm³/mol. The number of nitrogens with one attached hydrogen (secondary N) is 1. The van der Waals surface area contributed by atoms with Crippen LogP contribution in [-0.4, -0.2) is 30.8 Å². The highest BCUT2D eigenvalue weighted by atomic mass is 16.1. The summed E-state index contributed by atoms with van der Waals surface area (Å²) in [4.78, 5) is 25.6. The van der Waals surface area contributed by atoms with Gasteiger partial charge in [-0.2, -0.15) is 5.10 Å². The quantitative estimate of drug-likeness (QED) is 0.756. The van der Waals surface area contributed by atoms with Gasteiger partial charge in [-0.25, -0.2) is 14.6 Å². The van der Waals surface area contributed by atoms with E-state index in [1.165, 1.54) is 12.8 Å². The summed E-state index contributed by atoms with van der Waals surface area (Å²) in [5.74, 6) is 0.834. The molecule has 3 heterocycles. The number of fused-ring (bicyclic) bond motifs is 2. The average Bonchev–Trinajstić information content (AvgIpc) is 2.74. The molecular formula is C21H24N6O. The van der Waals surface area contributed by atoms with Gasteiger partial charge in [0.05, 0.1) is 11.7 Å². The van der Waals surface area contributed by atoms with Gasteiger partial charge in [0.1, 0.15) is 11.3 Å². The number of aromatic nitrogens is 5. The third-order valence-electron chi connectivity index (χ3n) is 5.96. The van der Waals surface area contributed by atoms with E-state index in [-0.39, 0.29) is 11.6 Å². The molecule has 0 aromatic carbocycles. The summed E-state index contributed by atoms with van der Waals surface area (Å²) in [6.45, 7) is 0. The lowest BCUT2D eigenvalue weighted by molar-refractivity contribution is 0.300. The Morgan fingerprint density at radius 1 is 1.00 bits per heavy atom. The fourth-order valence-corrected chi connectivity index (χ4v) is 4.45. The first kappa shape index (κ1) is 17.3. The number of pyridine rings is 1. The smallest absolute Gasteiger partial charge is 0.267 e. The maximum Gasteiger partial charge on any atom is 0.267 e. The molecule has 5 rings (SSSR count). The lowest BCUT2D eigenvalue weighted by Gasteiger charge is -2.30. The fraction of sp³-hybridized carbons (Fsp3) is 0.476. The molecule has 0 radical (unpaired) electrons. The van der Waals surface area contributed by atoms with Gasteiger partial charge >= 0.3 is 0 Å². The van der Waals surface area contributed by atoms with Crippen molar-refractivity contribution in [2.45, 2.75) is 63.5 Å². The fourth-order valence-electron chi connectivity index (χ4n) is 4.45. The van der Waals surface area contributed by atoms with Crippen molar-refractivity contribution in [2.24, 2.45) is 0 Å². The molecule has 144 valence electrons. The molecule has 0 amide bonds. The molecule has 3 aromatic rings. The zero-order valence-corrected chi connectivity index (χ0v) is 15.8. The number of aryl methyl sites for hydroxylation is 2. The SMILES string of the molecule is O=c1cc2c(nn1C1CCC(Nc3ccc4nccnc4n3)CC1)CCCC2. The molecule has 1 saturated carbocycles. The average molecular weight is 376 g/mol. The van der Waals surface area contributed by atoms with Crippen molar-refractivity contribution in [1.82, 2.24) is 24.7 Å². The predicted octanol–water partition coefficient (Wildman–Crippen LogP) is 3.06. The minimum Gasteiger partial charge on any atom is -0.367 e. The van der Waals surface area contributed by atoms with Crippen LogP contribution in [0, 0.1) is 0 Å². The van der Waals surface area contributed by atoms with Gasteiger partial charge in [0.25, 0.3) is 5.56 Å². The van der Waals surface area contributed by atoms with Gasteiger partial charge < -0.3 is 5.32 Å². The number of anilines is 1. The van der Waals surface area contributed by atoms with Crippen molar-refractivity contribution in [2.75, 3.05) is 5.32 Å². The molecule has 3 aromatic heterocycles. The molecule has 2 aliphatic rings. The topological polar surface area (TPSA) is 85.6 Å². The molecule has 0 unspecified atom stereocenters. The Labute approximate surface area is 163 Å². The number of nitrogens with zero attached hydrogens (tertiary/aromatic N) is 5. The van der Waals surface area contributed by atoms with Gasteiger partial charge in [-0.15, -0.1) is 0 Å². The molecule has 7 nitrogen and oxygen atoms in total. The Morgan fingerprint density at radius 2 is 1.82 bits per heavy atom. The van der Waals surface area contributed by atoms with Gasteiger partial charge in [0.15, 0.2) is 5.65 Å². The Balaban J connectivity index is 1.26. The molecule has 7 heteroatoms. The summed E-state index contributed by atoms with van der Waals surface area (Å²) < 4.78 is 1.75. The number of hydrogen-bond donors (Lipinski definition) is 1. The van der Waals surface area contributed by atoms with Crippen molar-refractivity contribution in [1.29, 1.82) is 0 Å². The molecular weight excluding hydrogens is 352 g/mol. The van der Waals surface area contributed by atoms with E-state index in [1.807, 2.05) is 18.2 Å². The Bertz CT molecular complexity index is 1050. The van der Waals surface area contributed by atoms with E-state index in [4.69, 9.17) is 5.10 Å². The second-order valence-electron chi connectivity index (χ2n) is 7.85. The van der Waals surface area contributed by atoms with Crippen molar-refractivity contribution >= 4 is 17.0 Å². The molecule has 1 fully saturated rings. The van der Waals surface area contributed by atoms with Crippen LogP contribution in [0.25, 0.3) is 11.2 Å². The Morgan fingerprint density at radius 3 is 2.71 bits per heavy atom. The van der Waals surface area contributed by atoms with Crippen molar-refractivity contribution < 1.29 is 0 Å². The van der Waals surface area contributed by atoms with E-state index in [1.54, 1.807) is 17.1 Å². The molecule has 2 aliphatic carbocycles. The maximum atomic E-state index is 12.5. The largest absolute Gasteiger partial charge is 0.367 e. The van der Waals surface area contributed by atoms with Crippen LogP contribution in [0.4, 0.5) is 5.82 Å². The zero-order chi connectivity index (χ0) is 18.9. The van der Waals surface area contributed by atoms with Crippen LogP contribution in [0.5, 0.6) is 0 Å². The van der Waals surface area contributed by atoms with E-state index >= 15 is 0 Å². The zero-order valence-electron chi connectivity index (χ0n) is 15.8. The molecule has 0 atom stereocenters. The van der Waals surface area contributed by atoms with E-state index in [0.717, 1.165) is 61.1 Å². The molecule has 28 heavy (non-hydrogen) atoms. The van der Waals surface area contributed by atoms with Gasteiger partial charge in [0, 0.05) is 24.5 Å². The minimum absolute atomic E-state index is 0.0619. The van der Waals surface area contributed by atoms with Crippen molar-refractivity contribution in [3.8, 4) is 0 Å². The van der Waals surface area contributed by atoms with Crippen LogP contribution in [0.1, 0.15) is 55.8 Å². The first-order chi connectivity index (χ1) is 13.8. The monoisotopic (exact) mass is 376 g/mol. The van der Waals surface area contributed by atoms with Crippen LogP contribution in [0.2, 0.25) is 0 Å². The van der Waals surface area contributed by atoms with Crippen LogP contribution < -0.4 is 10.9 Å². The van der Waals surface area contributed by atoms with Gasteiger partial charge in [-0.05, 0) is 69.1 Å². The highest BCUT2D eigenvalue weighted by molar-refractivity contribution is 5.71. The maximum absolute atomic E-state index is 12.5. The van der Waals surface area contributed by atoms with E-state index in [2.05, 4.69) is 20.3 Å². The second kappa shape index (κ2) is 7.30. The van der Waals surface area contributed by atoms with E-state index in [0.29, 0.717) is 11.7 Å². The van der Waals surface area contributed by atoms with Gasteiger partial charge in [-0.3, -0.25) is 9.78 Å². The molecule has 0 spiro atoms. The summed E-state index contributed by atoms with van der Waals surface area (Å²) in [5.41, 5.74) is 3.81. The lowest BCUT2D eigenvalue weighted by atomic mass is 9.91. The Hall–Kier alpha value is -2.83. The molecule has 0 aliphatic heterocycles. The summed E-state index contributed by atoms with van der Waals surface area (Å²) >= 11 is 0. The minimum atomic E-state index is 0.0619. The summed E-state index contributed by atoms with van der Waals surface area (Å²) in [6.07, 6.45) is 11.6. The molecule has 0 bridgehead atoms. The van der Waals surface area contributed by atoms with Crippen LogP contribution in [0.15, 0.2) is 35.4 Å². The van der Waals surface area contributed by atoms with Gasteiger partial charge in [0.2, 0.25) is 0 Å². The third-order valence-corrected chi connectivity index (χ3v) is 5.96. The third kappa shape index (κ3) is 3.37. The van der Waals surface area contributed by atoms with Crippen LogP contribution >= 0.6 is 0 Å².